The lowest BCUT2D eigenvalue weighted by Gasteiger charge is -2.19. The van der Waals surface area contributed by atoms with Gasteiger partial charge in [0.1, 0.15) is 0 Å². The highest BCUT2D eigenvalue weighted by Crippen LogP contribution is 2.40. The van der Waals surface area contributed by atoms with Gasteiger partial charge >= 0.3 is 11.9 Å². The Morgan fingerprint density at radius 1 is 0.839 bits per heavy atom. The van der Waals surface area contributed by atoms with Crippen LogP contribution < -0.4 is 9.47 Å². The minimum atomic E-state index is -0.468. The minimum absolute atomic E-state index is 0.0226. The molecule has 0 spiro atoms. The highest BCUT2D eigenvalue weighted by Gasteiger charge is 2.24. The van der Waals surface area contributed by atoms with E-state index in [0.717, 1.165) is 10.9 Å². The number of hydrogen-bond donors (Lipinski definition) is 0. The molecule has 0 heterocycles. The molecule has 0 aromatic heterocycles. The van der Waals surface area contributed by atoms with Crippen molar-refractivity contribution >= 4 is 22.7 Å². The van der Waals surface area contributed by atoms with Gasteiger partial charge < -0.3 is 18.9 Å². The Balaban J connectivity index is 2.41. The Morgan fingerprint density at radius 3 is 2.10 bits per heavy atom. The molecule has 0 N–H and O–H groups in total. The summed E-state index contributed by atoms with van der Waals surface area (Å²) in [5.41, 5.74) is 2.51. The predicted molar refractivity (Wildman–Crippen MR) is 119 cm³/mol. The number of methoxy groups -OCH3 is 2. The van der Waals surface area contributed by atoms with Crippen LogP contribution in [-0.2, 0) is 20.7 Å². The van der Waals surface area contributed by atoms with Crippen LogP contribution in [0.4, 0.5) is 0 Å². The van der Waals surface area contributed by atoms with E-state index in [1.54, 1.807) is 40.2 Å². The summed E-state index contributed by atoms with van der Waals surface area (Å²) in [4.78, 5) is 25.5. The zero-order valence-corrected chi connectivity index (χ0v) is 18.2. The van der Waals surface area contributed by atoms with Crippen molar-refractivity contribution in [2.75, 3.05) is 27.4 Å². The first-order valence-electron chi connectivity index (χ1n) is 10.1. The first-order chi connectivity index (χ1) is 15.0. The third-order valence-corrected chi connectivity index (χ3v) is 4.91. The zero-order valence-electron chi connectivity index (χ0n) is 18.2. The molecule has 31 heavy (non-hydrogen) atoms. The van der Waals surface area contributed by atoms with Crippen molar-refractivity contribution in [1.82, 2.24) is 0 Å². The molecule has 3 rings (SSSR count). The van der Waals surface area contributed by atoms with Crippen LogP contribution in [0.3, 0.4) is 0 Å². The molecule has 0 amide bonds. The molecule has 0 unspecified atom stereocenters. The van der Waals surface area contributed by atoms with Gasteiger partial charge in [0.25, 0.3) is 0 Å². The average molecular weight is 422 g/mol. The fraction of sp³-hybridized carbons (Fsp3) is 0.280. The van der Waals surface area contributed by atoms with Gasteiger partial charge in [0, 0.05) is 10.9 Å². The van der Waals surface area contributed by atoms with Gasteiger partial charge in [-0.25, -0.2) is 4.79 Å². The van der Waals surface area contributed by atoms with Crippen molar-refractivity contribution in [2.45, 2.75) is 20.3 Å². The summed E-state index contributed by atoms with van der Waals surface area (Å²) in [7, 11) is 3.09. The van der Waals surface area contributed by atoms with Crippen molar-refractivity contribution in [3.63, 3.8) is 0 Å². The van der Waals surface area contributed by atoms with E-state index in [2.05, 4.69) is 0 Å². The van der Waals surface area contributed by atoms with Gasteiger partial charge in [-0.3, -0.25) is 4.79 Å². The Bertz CT molecular complexity index is 1090. The number of esters is 2. The molecule has 0 aliphatic carbocycles. The number of fused-ring (bicyclic) bond motifs is 1. The monoisotopic (exact) mass is 422 g/mol. The summed E-state index contributed by atoms with van der Waals surface area (Å²) >= 11 is 0. The van der Waals surface area contributed by atoms with Gasteiger partial charge in [-0.2, -0.15) is 0 Å². The maximum absolute atomic E-state index is 13.2. The standard InChI is InChI=1S/C25H26O6/c1-5-30-22(26)14-18-12-17-13-20(28-3)21(29-4)15-19(17)24(25(27)31-6-2)23(18)16-10-8-7-9-11-16/h7-13,15H,5-6,14H2,1-4H3. The second kappa shape index (κ2) is 9.98. The lowest BCUT2D eigenvalue weighted by molar-refractivity contribution is -0.142. The number of carbonyl (C=O) groups excluding carboxylic acids is 2. The Morgan fingerprint density at radius 2 is 1.48 bits per heavy atom. The third-order valence-electron chi connectivity index (χ3n) is 4.91. The van der Waals surface area contributed by atoms with E-state index in [1.807, 2.05) is 36.4 Å². The minimum Gasteiger partial charge on any atom is -0.493 e. The van der Waals surface area contributed by atoms with Gasteiger partial charge in [0.15, 0.2) is 11.5 Å². The molecule has 3 aromatic carbocycles. The van der Waals surface area contributed by atoms with Crippen LogP contribution in [0, 0.1) is 0 Å². The Kier molecular flexibility index (Phi) is 7.13. The number of rotatable bonds is 8. The van der Waals surface area contributed by atoms with Gasteiger partial charge in [0.05, 0.1) is 39.4 Å². The van der Waals surface area contributed by atoms with Crippen LogP contribution >= 0.6 is 0 Å². The van der Waals surface area contributed by atoms with Crippen molar-refractivity contribution in [3.8, 4) is 22.6 Å². The Labute approximate surface area is 181 Å². The number of benzene rings is 3. The normalized spacial score (nSPS) is 10.6. The van der Waals surface area contributed by atoms with Crippen LogP contribution in [0.5, 0.6) is 11.5 Å². The summed E-state index contributed by atoms with van der Waals surface area (Å²) in [6.45, 7) is 4.03. The number of hydrogen-bond acceptors (Lipinski definition) is 6. The number of ether oxygens (including phenoxy) is 4. The van der Waals surface area contributed by atoms with E-state index in [0.29, 0.717) is 33.6 Å². The molecule has 0 fully saturated rings. The van der Waals surface area contributed by atoms with Crippen LogP contribution in [-0.4, -0.2) is 39.4 Å². The molecule has 0 saturated heterocycles. The van der Waals surface area contributed by atoms with E-state index >= 15 is 0 Å². The van der Waals surface area contributed by atoms with Crippen LogP contribution in [0.1, 0.15) is 29.8 Å². The molecule has 0 radical (unpaired) electrons. The first-order valence-corrected chi connectivity index (χ1v) is 10.1. The molecule has 0 saturated carbocycles. The molecule has 0 aliphatic heterocycles. The summed E-state index contributed by atoms with van der Waals surface area (Å²) in [5, 5.41) is 1.39. The second-order valence-electron chi connectivity index (χ2n) is 6.78. The van der Waals surface area contributed by atoms with Crippen LogP contribution in [0.15, 0.2) is 48.5 Å². The van der Waals surface area contributed by atoms with Gasteiger partial charge in [-0.15, -0.1) is 0 Å². The van der Waals surface area contributed by atoms with Gasteiger partial charge in [0.2, 0.25) is 0 Å². The van der Waals surface area contributed by atoms with E-state index in [1.165, 1.54) is 0 Å². The molecular formula is C25H26O6. The van der Waals surface area contributed by atoms with Gasteiger partial charge in [-0.05, 0) is 48.6 Å². The van der Waals surface area contributed by atoms with Crippen LogP contribution in [0.2, 0.25) is 0 Å². The SMILES string of the molecule is CCOC(=O)Cc1cc2cc(OC)c(OC)cc2c(C(=O)OCC)c1-c1ccccc1. The quantitative estimate of drug-likeness (QED) is 0.486. The molecule has 0 atom stereocenters. The predicted octanol–water partition coefficient (Wildman–Crippen LogP) is 4.81. The van der Waals surface area contributed by atoms with E-state index < -0.39 is 5.97 Å². The van der Waals surface area contributed by atoms with E-state index in [9.17, 15) is 9.59 Å². The first kappa shape index (κ1) is 22.2. The maximum Gasteiger partial charge on any atom is 0.339 e. The van der Waals surface area contributed by atoms with E-state index in [-0.39, 0.29) is 25.6 Å². The van der Waals surface area contributed by atoms with Gasteiger partial charge in [-0.1, -0.05) is 30.3 Å². The fourth-order valence-corrected chi connectivity index (χ4v) is 3.64. The lowest BCUT2D eigenvalue weighted by atomic mass is 9.88. The molecule has 0 bridgehead atoms. The maximum atomic E-state index is 13.2. The highest BCUT2D eigenvalue weighted by molar-refractivity contribution is 6.12. The Hall–Kier alpha value is -3.54. The number of carbonyl (C=O) groups is 2. The second-order valence-corrected chi connectivity index (χ2v) is 6.78. The fourth-order valence-electron chi connectivity index (χ4n) is 3.64. The summed E-state index contributed by atoms with van der Waals surface area (Å²) < 4.78 is 21.5. The lowest BCUT2D eigenvalue weighted by Crippen LogP contribution is -2.13. The third kappa shape index (κ3) is 4.63. The summed E-state index contributed by atoms with van der Waals surface area (Å²) in [6, 6.07) is 14.9. The largest absolute Gasteiger partial charge is 0.493 e. The molecule has 162 valence electrons. The van der Waals surface area contributed by atoms with Crippen molar-refractivity contribution in [3.05, 3.63) is 59.7 Å². The van der Waals surface area contributed by atoms with Crippen molar-refractivity contribution in [2.24, 2.45) is 0 Å². The molecular weight excluding hydrogens is 396 g/mol. The smallest absolute Gasteiger partial charge is 0.339 e. The van der Waals surface area contributed by atoms with Crippen molar-refractivity contribution in [1.29, 1.82) is 0 Å². The average Bonchev–Trinajstić information content (AvgIpc) is 2.78. The zero-order chi connectivity index (χ0) is 22.4. The molecule has 0 aliphatic rings. The highest BCUT2D eigenvalue weighted by atomic mass is 16.5. The summed E-state index contributed by atoms with van der Waals surface area (Å²) in [5.74, 6) is 0.190. The molecule has 3 aromatic rings. The van der Waals surface area contributed by atoms with Crippen molar-refractivity contribution < 1.29 is 28.5 Å². The summed E-state index contributed by atoms with van der Waals surface area (Å²) in [6.07, 6.45) is 0.0226. The topological polar surface area (TPSA) is 71.1 Å². The molecule has 6 nitrogen and oxygen atoms in total. The molecule has 6 heteroatoms. The van der Waals surface area contributed by atoms with E-state index in [4.69, 9.17) is 18.9 Å². The van der Waals surface area contributed by atoms with Crippen LogP contribution in [0.25, 0.3) is 21.9 Å².